The molecule has 0 aromatic rings. The lowest BCUT2D eigenvalue weighted by Crippen LogP contribution is -2.40. The molecule has 0 radical (unpaired) electrons. The number of allylic oxidation sites excluding steroid dienone is 6. The largest absolute Gasteiger partial charge is 0.477 e. The van der Waals surface area contributed by atoms with Gasteiger partial charge in [-0.1, -0.05) is 243 Å². The number of likely N-dealkylation sites (N-methyl/N-ethyl adjacent to an activating group) is 1. The lowest BCUT2D eigenvalue weighted by Gasteiger charge is -2.25. The van der Waals surface area contributed by atoms with Gasteiger partial charge in [-0.15, -0.1) is 0 Å². The van der Waals surface area contributed by atoms with Crippen LogP contribution in [0.5, 0.6) is 0 Å². The van der Waals surface area contributed by atoms with Gasteiger partial charge in [-0.2, -0.15) is 0 Å². The second-order valence-electron chi connectivity index (χ2n) is 20.6. The van der Waals surface area contributed by atoms with E-state index in [1.165, 1.54) is 167 Å². The first-order valence-electron chi connectivity index (χ1n) is 28.7. The zero-order valence-corrected chi connectivity index (χ0v) is 45.3. The van der Waals surface area contributed by atoms with Crippen LogP contribution < -0.4 is 0 Å². The Morgan fingerprint density at radius 2 is 0.838 bits per heavy atom. The Morgan fingerprint density at radius 3 is 1.25 bits per heavy atom. The maximum atomic E-state index is 12.8. The van der Waals surface area contributed by atoms with Crippen molar-refractivity contribution in [3.05, 3.63) is 36.5 Å². The van der Waals surface area contributed by atoms with Crippen molar-refractivity contribution in [2.75, 3.05) is 47.5 Å². The smallest absolute Gasteiger partial charge is 0.361 e. The molecule has 0 aliphatic carbocycles. The Morgan fingerprint density at radius 1 is 0.456 bits per heavy atom. The van der Waals surface area contributed by atoms with Gasteiger partial charge < -0.3 is 28.5 Å². The Balaban J connectivity index is 4.18. The fourth-order valence-electron chi connectivity index (χ4n) is 8.27. The molecule has 2 unspecified atom stereocenters. The van der Waals surface area contributed by atoms with Gasteiger partial charge >= 0.3 is 17.9 Å². The van der Waals surface area contributed by atoms with E-state index in [2.05, 4.69) is 50.3 Å². The van der Waals surface area contributed by atoms with Gasteiger partial charge in [0, 0.05) is 12.8 Å². The second kappa shape index (κ2) is 50.9. The van der Waals surface area contributed by atoms with Crippen LogP contribution in [0.3, 0.4) is 0 Å². The summed E-state index contributed by atoms with van der Waals surface area (Å²) in [5.74, 6) is -2.00. The highest BCUT2D eigenvalue weighted by Gasteiger charge is 2.25. The molecule has 0 aliphatic heterocycles. The van der Waals surface area contributed by atoms with Gasteiger partial charge in [0.1, 0.15) is 13.2 Å². The second-order valence-corrected chi connectivity index (χ2v) is 20.6. The number of hydrogen-bond acceptors (Lipinski definition) is 7. The molecule has 0 amide bonds. The van der Waals surface area contributed by atoms with Gasteiger partial charge in [-0.05, 0) is 44.9 Å². The minimum Gasteiger partial charge on any atom is -0.477 e. The van der Waals surface area contributed by atoms with Crippen LogP contribution in [0.15, 0.2) is 36.5 Å². The van der Waals surface area contributed by atoms with Crippen LogP contribution in [-0.4, -0.2) is 87.4 Å². The van der Waals surface area contributed by atoms with Gasteiger partial charge in [0.25, 0.3) is 6.29 Å². The summed E-state index contributed by atoms with van der Waals surface area (Å²) in [4.78, 5) is 37.4. The summed E-state index contributed by atoms with van der Waals surface area (Å²) < 4.78 is 22.9. The topological polar surface area (TPSA) is 108 Å². The molecule has 398 valence electrons. The number of carbonyl (C=O) groups is 3. The fraction of sp³-hybridized carbons (Fsp3) is 0.847. The van der Waals surface area contributed by atoms with Gasteiger partial charge in [-0.25, -0.2) is 4.79 Å². The number of nitrogens with zero attached hydrogens (tertiary/aromatic N) is 1. The maximum Gasteiger partial charge on any atom is 0.361 e. The molecule has 9 nitrogen and oxygen atoms in total. The van der Waals surface area contributed by atoms with E-state index in [-0.39, 0.29) is 32.2 Å². The van der Waals surface area contributed by atoms with E-state index in [0.29, 0.717) is 23.9 Å². The molecule has 0 aromatic carbocycles. The molecular weight excluding hydrogens is 851 g/mol. The van der Waals surface area contributed by atoms with Crippen molar-refractivity contribution < 1.29 is 42.9 Å². The number of esters is 2. The summed E-state index contributed by atoms with van der Waals surface area (Å²) in [6, 6.07) is 0. The van der Waals surface area contributed by atoms with Crippen LogP contribution in [0.4, 0.5) is 0 Å². The maximum absolute atomic E-state index is 12.8. The Labute approximate surface area is 420 Å². The SMILES string of the molecule is CC/C=C\C/C=C\C/C=C\CCCCCCCCCC(=O)OC(COC(=O)CCCCCCCCCCCCCCCCCCCCCCCCCCCC)COC(OCC[N+](C)(C)C)C(=O)O. The van der Waals surface area contributed by atoms with Crippen LogP contribution in [-0.2, 0) is 33.3 Å². The van der Waals surface area contributed by atoms with Gasteiger partial charge in [0.2, 0.25) is 0 Å². The van der Waals surface area contributed by atoms with Gasteiger partial charge in [0.05, 0.1) is 34.4 Å². The molecule has 0 bridgehead atoms. The van der Waals surface area contributed by atoms with E-state index in [4.69, 9.17) is 18.9 Å². The van der Waals surface area contributed by atoms with Crippen LogP contribution in [0, 0.1) is 0 Å². The van der Waals surface area contributed by atoms with Crippen LogP contribution in [0.25, 0.3) is 0 Å². The third-order valence-corrected chi connectivity index (χ3v) is 12.7. The van der Waals surface area contributed by atoms with Crippen molar-refractivity contribution >= 4 is 17.9 Å². The summed E-state index contributed by atoms with van der Waals surface area (Å²) in [5.41, 5.74) is 0. The monoisotopic (exact) mass is 961 g/mol. The lowest BCUT2D eigenvalue weighted by molar-refractivity contribution is -0.870. The highest BCUT2D eigenvalue weighted by Crippen LogP contribution is 2.17. The highest BCUT2D eigenvalue weighted by molar-refractivity contribution is 5.71. The number of carboxylic acids is 1. The molecular formula is C59H110NO8+. The lowest BCUT2D eigenvalue weighted by atomic mass is 10.0. The summed E-state index contributed by atoms with van der Waals surface area (Å²) in [7, 11) is 5.97. The first-order chi connectivity index (χ1) is 33.1. The Bertz CT molecular complexity index is 1210. The number of carbonyl (C=O) groups excluding carboxylic acids is 2. The number of carboxylic acid groups (broad SMARTS) is 1. The van der Waals surface area contributed by atoms with E-state index in [1.807, 2.05) is 21.1 Å². The third-order valence-electron chi connectivity index (χ3n) is 12.7. The van der Waals surface area contributed by atoms with E-state index in [9.17, 15) is 19.5 Å². The number of ether oxygens (including phenoxy) is 4. The Kier molecular flexibility index (Phi) is 49.0. The van der Waals surface area contributed by atoms with E-state index < -0.39 is 24.3 Å². The standard InChI is InChI=1S/C59H109NO8/c1-6-8-10-12-14-16-18-20-22-24-25-26-27-28-29-30-31-32-34-35-37-39-41-43-45-47-49-56(61)66-53-55(54-67-59(58(63)64)65-52-51-60(3,4)5)68-57(62)50-48-46-44-42-40-38-36-33-23-21-19-17-15-13-11-9-7-2/h9,11,15,17,21,23,55,59H,6-8,10,12-14,16,18-20,22,24-54H2,1-5H3/p+1/b11-9-,17-15-,23-21-. The molecule has 68 heavy (non-hydrogen) atoms. The van der Waals surface area contributed by atoms with E-state index >= 15 is 0 Å². The number of rotatable bonds is 53. The number of hydrogen-bond donors (Lipinski definition) is 1. The van der Waals surface area contributed by atoms with Crippen molar-refractivity contribution in [1.29, 1.82) is 0 Å². The first kappa shape index (κ1) is 65.5. The van der Waals surface area contributed by atoms with Crippen LogP contribution in [0.1, 0.15) is 264 Å². The minimum absolute atomic E-state index is 0.183. The van der Waals surface area contributed by atoms with Crippen molar-refractivity contribution in [3.63, 3.8) is 0 Å². The zero-order chi connectivity index (χ0) is 49.9. The summed E-state index contributed by atoms with van der Waals surface area (Å²) >= 11 is 0. The van der Waals surface area contributed by atoms with Crippen molar-refractivity contribution in [1.82, 2.24) is 0 Å². The molecule has 9 heteroatoms. The average Bonchev–Trinajstić information content (AvgIpc) is 3.30. The molecule has 0 aromatic heterocycles. The van der Waals surface area contributed by atoms with Crippen molar-refractivity contribution in [3.8, 4) is 0 Å². The number of aliphatic carboxylic acids is 1. The van der Waals surface area contributed by atoms with Gasteiger partial charge in [0.15, 0.2) is 6.10 Å². The third kappa shape index (κ3) is 51.4. The zero-order valence-electron chi connectivity index (χ0n) is 45.3. The average molecular weight is 962 g/mol. The predicted molar refractivity (Wildman–Crippen MR) is 286 cm³/mol. The van der Waals surface area contributed by atoms with Crippen molar-refractivity contribution in [2.45, 2.75) is 277 Å². The molecule has 0 saturated heterocycles. The quantitative estimate of drug-likeness (QED) is 0.0211. The van der Waals surface area contributed by atoms with Gasteiger partial charge in [-0.3, -0.25) is 9.59 Å². The molecule has 0 saturated carbocycles. The van der Waals surface area contributed by atoms with Crippen molar-refractivity contribution in [2.24, 2.45) is 0 Å². The van der Waals surface area contributed by atoms with Crippen LogP contribution in [0.2, 0.25) is 0 Å². The predicted octanol–water partition coefficient (Wildman–Crippen LogP) is 16.5. The van der Waals surface area contributed by atoms with E-state index in [0.717, 1.165) is 64.2 Å². The summed E-state index contributed by atoms with van der Waals surface area (Å²) in [5, 5.41) is 9.69. The fourth-order valence-corrected chi connectivity index (χ4v) is 8.27. The molecule has 1 N–H and O–H groups in total. The number of unbranched alkanes of at least 4 members (excludes halogenated alkanes) is 32. The molecule has 0 spiro atoms. The van der Waals surface area contributed by atoms with E-state index in [1.54, 1.807) is 0 Å². The minimum atomic E-state index is -1.51. The molecule has 0 fully saturated rings. The summed E-state index contributed by atoms with van der Waals surface area (Å²) in [6.07, 6.45) is 58.0. The number of quaternary nitrogens is 1. The summed E-state index contributed by atoms with van der Waals surface area (Å²) in [6.45, 7) is 4.79. The van der Waals surface area contributed by atoms with Crippen LogP contribution >= 0.6 is 0 Å². The molecule has 0 heterocycles. The molecule has 0 rings (SSSR count). The molecule has 2 atom stereocenters. The highest BCUT2D eigenvalue weighted by atomic mass is 16.7. The first-order valence-corrected chi connectivity index (χ1v) is 28.7. The molecule has 0 aliphatic rings. The normalized spacial score (nSPS) is 13.0. The Hall–Kier alpha value is -2.49.